The Hall–Kier alpha value is -1.84. The molecule has 4 heteroatoms. The van der Waals surface area contributed by atoms with Crippen molar-refractivity contribution in [3.05, 3.63) is 35.9 Å². The zero-order valence-electron chi connectivity index (χ0n) is 10.5. The van der Waals surface area contributed by atoms with Gasteiger partial charge in [-0.2, -0.15) is 0 Å². The summed E-state index contributed by atoms with van der Waals surface area (Å²) >= 11 is 0. The Bertz CT molecular complexity index is 431. The van der Waals surface area contributed by atoms with Crippen molar-refractivity contribution in [2.24, 2.45) is 0 Å². The summed E-state index contributed by atoms with van der Waals surface area (Å²) in [5.74, 6) is 0.155. The molecule has 0 bridgehead atoms. The van der Waals surface area contributed by atoms with Crippen LogP contribution in [0, 0.1) is 0 Å². The van der Waals surface area contributed by atoms with Gasteiger partial charge in [-0.25, -0.2) is 0 Å². The number of hydrogen-bond acceptors (Lipinski definition) is 2. The number of benzene rings is 1. The zero-order chi connectivity index (χ0) is 13.0. The molecular formula is C14H18N2O2. The normalized spacial score (nSPS) is 20.3. The molecule has 18 heavy (non-hydrogen) atoms. The summed E-state index contributed by atoms with van der Waals surface area (Å²) in [6.07, 6.45) is 1.05. The molecule has 1 aromatic rings. The van der Waals surface area contributed by atoms with Crippen molar-refractivity contribution in [1.82, 2.24) is 10.6 Å². The second kappa shape index (κ2) is 5.67. The summed E-state index contributed by atoms with van der Waals surface area (Å²) in [6, 6.07) is 9.71. The first-order valence-electron chi connectivity index (χ1n) is 6.29. The van der Waals surface area contributed by atoms with E-state index < -0.39 is 0 Å². The van der Waals surface area contributed by atoms with Crippen molar-refractivity contribution in [3.8, 4) is 0 Å². The van der Waals surface area contributed by atoms with Gasteiger partial charge < -0.3 is 10.6 Å². The highest BCUT2D eigenvalue weighted by atomic mass is 16.2. The van der Waals surface area contributed by atoms with E-state index in [4.69, 9.17) is 0 Å². The fraction of sp³-hybridized carbons (Fsp3) is 0.429. The summed E-state index contributed by atoms with van der Waals surface area (Å²) in [7, 11) is 0. The highest BCUT2D eigenvalue weighted by Crippen LogP contribution is 2.13. The molecular weight excluding hydrogens is 228 g/mol. The van der Waals surface area contributed by atoms with Gasteiger partial charge in [0.2, 0.25) is 11.8 Å². The minimum atomic E-state index is -0.347. The van der Waals surface area contributed by atoms with Crippen LogP contribution >= 0.6 is 0 Å². The fourth-order valence-corrected chi connectivity index (χ4v) is 2.09. The predicted octanol–water partition coefficient (Wildman–Crippen LogP) is 1.18. The average Bonchev–Trinajstić information content (AvgIpc) is 2.83. The summed E-state index contributed by atoms with van der Waals surface area (Å²) in [6.45, 7) is 2.66. The summed E-state index contributed by atoms with van der Waals surface area (Å²) < 4.78 is 0. The number of hydrogen-bond donors (Lipinski definition) is 2. The highest BCUT2D eigenvalue weighted by Gasteiger charge is 2.26. The van der Waals surface area contributed by atoms with Crippen LogP contribution in [-0.4, -0.2) is 24.4 Å². The van der Waals surface area contributed by atoms with Crippen molar-refractivity contribution >= 4 is 11.8 Å². The Labute approximate surface area is 107 Å². The minimum Gasteiger partial charge on any atom is -0.354 e. The van der Waals surface area contributed by atoms with Gasteiger partial charge in [0.15, 0.2) is 0 Å². The number of carbonyl (C=O) groups is 2. The van der Waals surface area contributed by atoms with Gasteiger partial charge in [0.1, 0.15) is 6.04 Å². The number of rotatable bonds is 4. The standard InChI is InChI=1S/C14H18N2O2/c1-10(11-5-3-2-4-6-11)9-15-14(18)12-7-8-13(17)16-12/h2-6,10,12H,7-9H2,1H3,(H,15,18)(H,16,17)/t10-,12+/m1/s1. The second-order valence-corrected chi connectivity index (χ2v) is 4.72. The predicted molar refractivity (Wildman–Crippen MR) is 69.0 cm³/mol. The van der Waals surface area contributed by atoms with Crippen molar-refractivity contribution in [1.29, 1.82) is 0 Å². The molecule has 96 valence electrons. The van der Waals surface area contributed by atoms with E-state index in [9.17, 15) is 9.59 Å². The molecule has 0 unspecified atom stereocenters. The summed E-state index contributed by atoms with van der Waals surface area (Å²) in [5, 5.41) is 5.56. The molecule has 1 saturated heterocycles. The molecule has 0 aromatic heterocycles. The smallest absolute Gasteiger partial charge is 0.242 e. The van der Waals surface area contributed by atoms with E-state index in [0.29, 0.717) is 19.4 Å². The Kier molecular flexibility index (Phi) is 3.97. The van der Waals surface area contributed by atoms with Crippen LogP contribution in [0.15, 0.2) is 30.3 Å². The van der Waals surface area contributed by atoms with E-state index in [1.807, 2.05) is 30.3 Å². The molecule has 1 fully saturated rings. The largest absolute Gasteiger partial charge is 0.354 e. The molecule has 1 heterocycles. The van der Waals surface area contributed by atoms with Crippen LogP contribution in [0.5, 0.6) is 0 Å². The van der Waals surface area contributed by atoms with Crippen molar-refractivity contribution < 1.29 is 9.59 Å². The van der Waals surface area contributed by atoms with Crippen LogP contribution in [0.3, 0.4) is 0 Å². The molecule has 2 N–H and O–H groups in total. The monoisotopic (exact) mass is 246 g/mol. The number of nitrogens with one attached hydrogen (secondary N) is 2. The van der Waals surface area contributed by atoms with E-state index in [1.54, 1.807) is 0 Å². The first-order chi connectivity index (χ1) is 8.66. The van der Waals surface area contributed by atoms with Gasteiger partial charge in [0.05, 0.1) is 0 Å². The molecule has 0 spiro atoms. The van der Waals surface area contributed by atoms with Crippen LogP contribution in [0.4, 0.5) is 0 Å². The SMILES string of the molecule is C[C@H](CNC(=O)[C@@H]1CCC(=O)N1)c1ccccc1. The maximum atomic E-state index is 11.8. The molecule has 0 aliphatic carbocycles. The van der Waals surface area contributed by atoms with Gasteiger partial charge >= 0.3 is 0 Å². The van der Waals surface area contributed by atoms with Crippen LogP contribution in [0.2, 0.25) is 0 Å². The third-order valence-corrected chi connectivity index (χ3v) is 3.26. The second-order valence-electron chi connectivity index (χ2n) is 4.72. The minimum absolute atomic E-state index is 0.0359. The van der Waals surface area contributed by atoms with Gasteiger partial charge in [-0.3, -0.25) is 9.59 Å². The molecule has 2 rings (SSSR count). The van der Waals surface area contributed by atoms with Crippen molar-refractivity contribution in [3.63, 3.8) is 0 Å². The van der Waals surface area contributed by atoms with Crippen LogP contribution in [0.1, 0.15) is 31.2 Å². The average molecular weight is 246 g/mol. The van der Waals surface area contributed by atoms with Crippen LogP contribution in [0.25, 0.3) is 0 Å². The molecule has 1 aliphatic rings. The quantitative estimate of drug-likeness (QED) is 0.838. The Morgan fingerprint density at radius 2 is 2.17 bits per heavy atom. The molecule has 1 aliphatic heterocycles. The van der Waals surface area contributed by atoms with Crippen LogP contribution < -0.4 is 10.6 Å². The lowest BCUT2D eigenvalue weighted by molar-refractivity contribution is -0.125. The third kappa shape index (κ3) is 3.09. The van der Waals surface area contributed by atoms with Gasteiger partial charge in [-0.1, -0.05) is 37.3 Å². The lowest BCUT2D eigenvalue weighted by atomic mass is 10.0. The van der Waals surface area contributed by atoms with Gasteiger partial charge in [-0.05, 0) is 17.9 Å². The Morgan fingerprint density at radius 1 is 1.44 bits per heavy atom. The fourth-order valence-electron chi connectivity index (χ4n) is 2.09. The molecule has 2 amide bonds. The lowest BCUT2D eigenvalue weighted by Gasteiger charge is -2.15. The molecule has 4 nitrogen and oxygen atoms in total. The first kappa shape index (κ1) is 12.6. The van der Waals surface area contributed by atoms with E-state index in [1.165, 1.54) is 5.56 Å². The summed E-state index contributed by atoms with van der Waals surface area (Å²) in [4.78, 5) is 22.8. The Balaban J connectivity index is 1.81. The van der Waals surface area contributed by atoms with Gasteiger partial charge in [0.25, 0.3) is 0 Å². The number of carbonyl (C=O) groups excluding carboxylic acids is 2. The topological polar surface area (TPSA) is 58.2 Å². The van der Waals surface area contributed by atoms with Crippen LogP contribution in [-0.2, 0) is 9.59 Å². The number of amides is 2. The third-order valence-electron chi connectivity index (χ3n) is 3.26. The van der Waals surface area contributed by atoms with E-state index in [2.05, 4.69) is 17.6 Å². The maximum absolute atomic E-state index is 11.8. The maximum Gasteiger partial charge on any atom is 0.242 e. The van der Waals surface area contributed by atoms with Crippen molar-refractivity contribution in [2.75, 3.05) is 6.54 Å². The van der Waals surface area contributed by atoms with Gasteiger partial charge in [0, 0.05) is 13.0 Å². The Morgan fingerprint density at radius 3 is 2.78 bits per heavy atom. The summed E-state index contributed by atoms with van der Waals surface area (Å²) in [5.41, 5.74) is 1.20. The van der Waals surface area contributed by atoms with E-state index in [-0.39, 0.29) is 23.8 Å². The van der Waals surface area contributed by atoms with E-state index >= 15 is 0 Å². The zero-order valence-corrected chi connectivity index (χ0v) is 10.5. The molecule has 0 saturated carbocycles. The molecule has 1 aromatic carbocycles. The highest BCUT2D eigenvalue weighted by molar-refractivity contribution is 5.90. The first-order valence-corrected chi connectivity index (χ1v) is 6.29. The lowest BCUT2D eigenvalue weighted by Crippen LogP contribution is -2.42. The van der Waals surface area contributed by atoms with Crippen molar-refractivity contribution in [2.45, 2.75) is 31.7 Å². The van der Waals surface area contributed by atoms with Gasteiger partial charge in [-0.15, -0.1) is 0 Å². The molecule has 2 atom stereocenters. The van der Waals surface area contributed by atoms with E-state index in [0.717, 1.165) is 0 Å². The molecule has 0 radical (unpaired) electrons.